The number of carbonyl (C=O) groups excluding carboxylic acids is 1. The Kier molecular flexibility index (Phi) is 3.23. The molecule has 0 radical (unpaired) electrons. The lowest BCUT2D eigenvalue weighted by Crippen LogP contribution is -2.08. The molecular weight excluding hydrogens is 196 g/mol. The van der Waals surface area contributed by atoms with Gasteiger partial charge in [0.05, 0.1) is 0 Å². The Labute approximate surface area is 97.2 Å². The van der Waals surface area contributed by atoms with E-state index in [4.69, 9.17) is 0 Å². The van der Waals surface area contributed by atoms with E-state index in [1.54, 1.807) is 0 Å². The number of allylic oxidation sites excluding steroid dienone is 1. The van der Waals surface area contributed by atoms with E-state index in [0.29, 0.717) is 5.78 Å². The molecule has 0 amide bonds. The molecular formula is C15H18O. The summed E-state index contributed by atoms with van der Waals surface area (Å²) >= 11 is 0. The van der Waals surface area contributed by atoms with Crippen LogP contribution >= 0.6 is 0 Å². The zero-order chi connectivity index (χ0) is 11.5. The van der Waals surface area contributed by atoms with E-state index < -0.39 is 0 Å². The summed E-state index contributed by atoms with van der Waals surface area (Å²) in [5.74, 6) is 0.342. The van der Waals surface area contributed by atoms with Crippen LogP contribution in [0, 0.1) is 13.8 Å². The van der Waals surface area contributed by atoms with Gasteiger partial charge in [-0.1, -0.05) is 18.2 Å². The minimum Gasteiger partial charge on any atom is -0.295 e. The Bertz CT molecular complexity index is 420. The molecule has 0 unspecified atom stereocenters. The molecule has 1 aliphatic carbocycles. The van der Waals surface area contributed by atoms with Crippen LogP contribution in [0.25, 0.3) is 6.08 Å². The zero-order valence-electron chi connectivity index (χ0n) is 10.0. The van der Waals surface area contributed by atoms with E-state index in [2.05, 4.69) is 38.1 Å². The predicted molar refractivity (Wildman–Crippen MR) is 67.4 cm³/mol. The van der Waals surface area contributed by atoms with E-state index in [1.165, 1.54) is 16.7 Å². The number of Topliss-reactive ketones (excluding diaryl/α,β-unsaturated/α-hetero) is 1. The molecule has 1 heteroatoms. The molecule has 1 aliphatic rings. The van der Waals surface area contributed by atoms with Crippen molar-refractivity contribution in [2.75, 3.05) is 0 Å². The van der Waals surface area contributed by atoms with Crippen molar-refractivity contribution in [3.05, 3.63) is 40.5 Å². The van der Waals surface area contributed by atoms with Crippen LogP contribution in [0.1, 0.15) is 42.4 Å². The van der Waals surface area contributed by atoms with E-state index in [-0.39, 0.29) is 0 Å². The Morgan fingerprint density at radius 1 is 1.06 bits per heavy atom. The van der Waals surface area contributed by atoms with E-state index in [1.807, 2.05) is 0 Å². The van der Waals surface area contributed by atoms with Crippen LogP contribution in [0.5, 0.6) is 0 Å². The summed E-state index contributed by atoms with van der Waals surface area (Å²) in [5.41, 5.74) is 4.76. The summed E-state index contributed by atoms with van der Waals surface area (Å²) in [4.78, 5) is 11.8. The number of aryl methyl sites for hydroxylation is 2. The van der Waals surface area contributed by atoms with Crippen LogP contribution in [0.2, 0.25) is 0 Å². The third kappa shape index (κ3) is 2.24. The molecule has 1 nitrogen and oxygen atoms in total. The Morgan fingerprint density at radius 2 is 1.69 bits per heavy atom. The number of carbonyl (C=O) groups is 1. The summed E-state index contributed by atoms with van der Waals surface area (Å²) in [6, 6.07) is 6.27. The van der Waals surface area contributed by atoms with Crippen LogP contribution in [-0.4, -0.2) is 5.78 Å². The molecule has 1 aromatic carbocycles. The van der Waals surface area contributed by atoms with Gasteiger partial charge >= 0.3 is 0 Å². The number of hydrogen-bond donors (Lipinski definition) is 0. The number of ketones is 1. The number of benzene rings is 1. The third-order valence-corrected chi connectivity index (χ3v) is 3.32. The second kappa shape index (κ2) is 4.65. The molecule has 0 saturated heterocycles. The summed E-state index contributed by atoms with van der Waals surface area (Å²) in [5, 5.41) is 0. The van der Waals surface area contributed by atoms with Gasteiger partial charge in [0.25, 0.3) is 0 Å². The number of rotatable bonds is 1. The van der Waals surface area contributed by atoms with Crippen molar-refractivity contribution in [3.63, 3.8) is 0 Å². The van der Waals surface area contributed by atoms with E-state index in [0.717, 1.165) is 31.3 Å². The average Bonchev–Trinajstić information content (AvgIpc) is 2.26. The van der Waals surface area contributed by atoms with Crippen LogP contribution in [0.3, 0.4) is 0 Å². The molecule has 2 rings (SSSR count). The average molecular weight is 214 g/mol. The van der Waals surface area contributed by atoms with Crippen LogP contribution in [0.15, 0.2) is 23.8 Å². The summed E-state index contributed by atoms with van der Waals surface area (Å²) < 4.78 is 0. The van der Waals surface area contributed by atoms with Crippen molar-refractivity contribution in [1.29, 1.82) is 0 Å². The Balaban J connectivity index is 2.38. The zero-order valence-corrected chi connectivity index (χ0v) is 10.0. The highest BCUT2D eigenvalue weighted by molar-refractivity contribution is 6.00. The first-order chi connectivity index (χ1) is 7.68. The van der Waals surface area contributed by atoms with Gasteiger partial charge in [0.15, 0.2) is 5.78 Å². The van der Waals surface area contributed by atoms with Crippen molar-refractivity contribution in [1.82, 2.24) is 0 Å². The quantitative estimate of drug-likeness (QED) is 0.649. The van der Waals surface area contributed by atoms with Crippen molar-refractivity contribution >= 4 is 11.9 Å². The lowest BCUT2D eigenvalue weighted by molar-refractivity contribution is -0.116. The molecule has 1 fully saturated rings. The first-order valence-corrected chi connectivity index (χ1v) is 5.98. The van der Waals surface area contributed by atoms with Crippen molar-refractivity contribution in [2.45, 2.75) is 39.5 Å². The lowest BCUT2D eigenvalue weighted by atomic mass is 9.90. The fraction of sp³-hybridized carbons (Fsp3) is 0.400. The highest BCUT2D eigenvalue weighted by Crippen LogP contribution is 2.24. The Hall–Kier alpha value is -1.37. The molecule has 1 aromatic rings. The molecule has 0 atom stereocenters. The van der Waals surface area contributed by atoms with Gasteiger partial charge in [-0.25, -0.2) is 0 Å². The van der Waals surface area contributed by atoms with Gasteiger partial charge in [-0.2, -0.15) is 0 Å². The summed E-state index contributed by atoms with van der Waals surface area (Å²) in [6.07, 6.45) is 6.00. The molecule has 0 bridgehead atoms. The van der Waals surface area contributed by atoms with Gasteiger partial charge in [0, 0.05) is 6.42 Å². The SMILES string of the molecule is Cc1cccc(C)c1C=C1CCCCC1=O. The maximum Gasteiger partial charge on any atom is 0.158 e. The standard InChI is InChI=1S/C15H18O/c1-11-6-5-7-12(2)14(11)10-13-8-3-4-9-15(13)16/h5-7,10H,3-4,8-9H2,1-2H3. The molecule has 84 valence electrons. The normalized spacial score (nSPS) is 19.1. The highest BCUT2D eigenvalue weighted by atomic mass is 16.1. The van der Waals surface area contributed by atoms with E-state index >= 15 is 0 Å². The topological polar surface area (TPSA) is 17.1 Å². The molecule has 0 spiro atoms. The van der Waals surface area contributed by atoms with Crippen molar-refractivity contribution in [3.8, 4) is 0 Å². The van der Waals surface area contributed by atoms with Gasteiger partial charge in [0.2, 0.25) is 0 Å². The van der Waals surface area contributed by atoms with Crippen molar-refractivity contribution < 1.29 is 4.79 Å². The fourth-order valence-corrected chi connectivity index (χ4v) is 2.28. The van der Waals surface area contributed by atoms with E-state index in [9.17, 15) is 4.79 Å². The molecule has 0 aromatic heterocycles. The first kappa shape index (κ1) is 11.1. The maximum atomic E-state index is 11.8. The minimum atomic E-state index is 0.342. The summed E-state index contributed by atoms with van der Waals surface area (Å²) in [7, 11) is 0. The first-order valence-electron chi connectivity index (χ1n) is 5.98. The largest absolute Gasteiger partial charge is 0.295 e. The maximum absolute atomic E-state index is 11.8. The second-order valence-electron chi connectivity index (χ2n) is 4.61. The van der Waals surface area contributed by atoms with Gasteiger partial charge in [-0.15, -0.1) is 0 Å². The second-order valence-corrected chi connectivity index (χ2v) is 4.61. The summed E-state index contributed by atoms with van der Waals surface area (Å²) in [6.45, 7) is 4.21. The smallest absolute Gasteiger partial charge is 0.158 e. The molecule has 0 aliphatic heterocycles. The number of hydrogen-bond acceptors (Lipinski definition) is 1. The predicted octanol–water partition coefficient (Wildman–Crippen LogP) is 3.83. The lowest BCUT2D eigenvalue weighted by Gasteiger charge is -2.14. The van der Waals surface area contributed by atoms with Gasteiger partial charge in [-0.3, -0.25) is 4.79 Å². The molecule has 1 saturated carbocycles. The Morgan fingerprint density at radius 3 is 2.31 bits per heavy atom. The molecule has 0 N–H and O–H groups in total. The molecule has 0 heterocycles. The minimum absolute atomic E-state index is 0.342. The monoisotopic (exact) mass is 214 g/mol. The van der Waals surface area contributed by atoms with Crippen LogP contribution < -0.4 is 0 Å². The van der Waals surface area contributed by atoms with Crippen LogP contribution in [-0.2, 0) is 4.79 Å². The molecule has 16 heavy (non-hydrogen) atoms. The third-order valence-electron chi connectivity index (χ3n) is 3.32. The van der Waals surface area contributed by atoms with Crippen molar-refractivity contribution in [2.24, 2.45) is 0 Å². The van der Waals surface area contributed by atoms with Gasteiger partial charge in [-0.05, 0) is 61.4 Å². The fourth-order valence-electron chi connectivity index (χ4n) is 2.28. The van der Waals surface area contributed by atoms with Crippen LogP contribution in [0.4, 0.5) is 0 Å². The highest BCUT2D eigenvalue weighted by Gasteiger charge is 2.15. The van der Waals surface area contributed by atoms with Gasteiger partial charge < -0.3 is 0 Å². The van der Waals surface area contributed by atoms with Gasteiger partial charge in [0.1, 0.15) is 0 Å².